The molecular formula is C25H24Cl3N3O2. The third-order valence-electron chi connectivity index (χ3n) is 5.02. The van der Waals surface area contributed by atoms with Crippen LogP contribution in [0.2, 0.25) is 15.1 Å². The summed E-state index contributed by atoms with van der Waals surface area (Å²) in [5, 5.41) is 10.0. The molecule has 0 saturated carbocycles. The quantitative estimate of drug-likeness (QED) is 0.257. The summed E-state index contributed by atoms with van der Waals surface area (Å²) >= 11 is 18.7. The molecule has 0 unspecified atom stereocenters. The first kappa shape index (κ1) is 23.6. The number of amides is 1. The molecule has 3 N–H and O–H groups in total. The number of carbonyl (C=O) groups excluding carboxylic acids is 1. The van der Waals surface area contributed by atoms with Crippen LogP contribution in [0.5, 0.6) is 0 Å². The van der Waals surface area contributed by atoms with E-state index in [9.17, 15) is 4.79 Å². The molecule has 5 nitrogen and oxygen atoms in total. The molecular weight excluding hydrogens is 481 g/mol. The Hall–Kier alpha value is -2.60. The minimum Gasteiger partial charge on any atom is -0.444 e. The number of hydrogen-bond donors (Lipinski definition) is 3. The third-order valence-corrected chi connectivity index (χ3v) is 5.81. The summed E-state index contributed by atoms with van der Waals surface area (Å²) in [6.07, 6.45) is 0.157. The molecule has 172 valence electrons. The normalized spacial score (nSPS) is 11.7. The second-order valence-corrected chi connectivity index (χ2v) is 10.1. The molecule has 3 aromatic carbocycles. The minimum atomic E-state index is -0.546. The Morgan fingerprint density at radius 2 is 1.70 bits per heavy atom. The van der Waals surface area contributed by atoms with E-state index in [2.05, 4.69) is 21.7 Å². The van der Waals surface area contributed by atoms with Crippen LogP contribution in [-0.2, 0) is 11.2 Å². The topological polar surface area (TPSA) is 66.2 Å². The number of hydrogen-bond acceptors (Lipinski definition) is 3. The molecule has 0 radical (unpaired) electrons. The molecule has 0 bridgehead atoms. The monoisotopic (exact) mass is 503 g/mol. The van der Waals surface area contributed by atoms with Gasteiger partial charge < -0.3 is 20.4 Å². The van der Waals surface area contributed by atoms with Crippen LogP contribution in [0.15, 0.2) is 48.5 Å². The van der Waals surface area contributed by atoms with Gasteiger partial charge in [0.05, 0.1) is 10.7 Å². The number of aromatic amines is 1. The van der Waals surface area contributed by atoms with Crippen LogP contribution in [0, 0.1) is 0 Å². The van der Waals surface area contributed by atoms with Gasteiger partial charge in [-0.3, -0.25) is 0 Å². The Morgan fingerprint density at radius 1 is 0.970 bits per heavy atom. The third kappa shape index (κ3) is 5.67. The summed E-state index contributed by atoms with van der Waals surface area (Å²) in [4.78, 5) is 15.6. The maximum absolute atomic E-state index is 12.1. The molecule has 0 aliphatic rings. The summed E-state index contributed by atoms with van der Waals surface area (Å²) < 4.78 is 5.34. The van der Waals surface area contributed by atoms with Gasteiger partial charge in [0, 0.05) is 44.1 Å². The van der Waals surface area contributed by atoms with Gasteiger partial charge in [-0.15, -0.1) is 0 Å². The Morgan fingerprint density at radius 3 is 2.42 bits per heavy atom. The fourth-order valence-corrected chi connectivity index (χ4v) is 4.30. The number of anilines is 2. The predicted octanol–water partition coefficient (Wildman–Crippen LogP) is 8.09. The van der Waals surface area contributed by atoms with E-state index in [1.165, 1.54) is 0 Å². The fourth-order valence-electron chi connectivity index (χ4n) is 3.67. The van der Waals surface area contributed by atoms with Crippen LogP contribution in [-0.4, -0.2) is 23.2 Å². The van der Waals surface area contributed by atoms with Crippen molar-refractivity contribution >= 4 is 74.1 Å². The molecule has 4 aromatic rings. The number of alkyl carbamates (subject to hydrolysis) is 1. The van der Waals surface area contributed by atoms with Gasteiger partial charge in [0.15, 0.2) is 0 Å². The second-order valence-electron chi connectivity index (χ2n) is 8.80. The molecule has 0 atom stereocenters. The molecule has 1 aromatic heterocycles. The SMILES string of the molecule is CC(C)(C)OC(=O)NCCc1cc(Nc2ccc(Cl)cc2Cl)cc2c1[nH]c1ccc(Cl)cc12. The van der Waals surface area contributed by atoms with E-state index in [1.807, 2.05) is 51.1 Å². The number of halogens is 3. The second kappa shape index (κ2) is 9.34. The van der Waals surface area contributed by atoms with Crippen molar-refractivity contribution in [3.8, 4) is 0 Å². The Labute approximate surface area is 207 Å². The lowest BCUT2D eigenvalue weighted by Gasteiger charge is -2.19. The lowest BCUT2D eigenvalue weighted by Crippen LogP contribution is -2.33. The molecule has 8 heteroatoms. The maximum Gasteiger partial charge on any atom is 0.407 e. The van der Waals surface area contributed by atoms with Crippen molar-refractivity contribution in [1.82, 2.24) is 10.3 Å². The van der Waals surface area contributed by atoms with E-state index >= 15 is 0 Å². The number of ether oxygens (including phenoxy) is 1. The molecule has 0 fully saturated rings. The van der Waals surface area contributed by atoms with Gasteiger partial charge in [0.2, 0.25) is 0 Å². The highest BCUT2D eigenvalue weighted by atomic mass is 35.5. The van der Waals surface area contributed by atoms with Crippen LogP contribution in [0.4, 0.5) is 16.2 Å². The molecule has 0 saturated heterocycles. The molecule has 1 amide bonds. The van der Waals surface area contributed by atoms with E-state index in [0.29, 0.717) is 28.0 Å². The van der Waals surface area contributed by atoms with Crippen molar-refractivity contribution in [3.05, 3.63) is 69.2 Å². The van der Waals surface area contributed by atoms with Gasteiger partial charge >= 0.3 is 6.09 Å². The highest BCUT2D eigenvalue weighted by Crippen LogP contribution is 2.35. The Bertz CT molecular complexity index is 1340. The average Bonchev–Trinajstić information content (AvgIpc) is 3.07. The Balaban J connectivity index is 1.69. The van der Waals surface area contributed by atoms with Gasteiger partial charge in [-0.05, 0) is 81.3 Å². The number of aromatic nitrogens is 1. The highest BCUT2D eigenvalue weighted by molar-refractivity contribution is 6.36. The van der Waals surface area contributed by atoms with Crippen molar-refractivity contribution in [3.63, 3.8) is 0 Å². The van der Waals surface area contributed by atoms with Crippen LogP contribution in [0.1, 0.15) is 26.3 Å². The van der Waals surface area contributed by atoms with E-state index in [1.54, 1.807) is 12.1 Å². The zero-order valence-corrected chi connectivity index (χ0v) is 20.8. The lowest BCUT2D eigenvalue weighted by molar-refractivity contribution is 0.0528. The predicted molar refractivity (Wildman–Crippen MR) is 139 cm³/mol. The molecule has 4 rings (SSSR count). The van der Waals surface area contributed by atoms with Crippen molar-refractivity contribution in [2.75, 3.05) is 11.9 Å². The lowest BCUT2D eigenvalue weighted by atomic mass is 10.0. The van der Waals surface area contributed by atoms with E-state index in [4.69, 9.17) is 39.5 Å². The molecule has 0 aliphatic carbocycles. The van der Waals surface area contributed by atoms with Crippen LogP contribution >= 0.6 is 34.8 Å². The summed E-state index contributed by atoms with van der Waals surface area (Å²) in [6, 6.07) is 15.2. The maximum atomic E-state index is 12.1. The first-order chi connectivity index (χ1) is 15.6. The zero-order valence-electron chi connectivity index (χ0n) is 18.5. The van der Waals surface area contributed by atoms with Crippen molar-refractivity contribution in [1.29, 1.82) is 0 Å². The van der Waals surface area contributed by atoms with E-state index in [0.717, 1.165) is 38.7 Å². The number of benzene rings is 3. The smallest absolute Gasteiger partial charge is 0.407 e. The van der Waals surface area contributed by atoms with E-state index in [-0.39, 0.29) is 0 Å². The van der Waals surface area contributed by atoms with Crippen molar-refractivity contribution in [2.45, 2.75) is 32.8 Å². The molecule has 0 aliphatic heterocycles. The highest BCUT2D eigenvalue weighted by Gasteiger charge is 2.16. The molecule has 33 heavy (non-hydrogen) atoms. The Kier molecular flexibility index (Phi) is 6.66. The van der Waals surface area contributed by atoms with Gasteiger partial charge in [0.25, 0.3) is 0 Å². The summed E-state index contributed by atoms with van der Waals surface area (Å²) in [5.74, 6) is 0. The van der Waals surface area contributed by atoms with Gasteiger partial charge in [-0.1, -0.05) is 34.8 Å². The summed E-state index contributed by atoms with van der Waals surface area (Å²) in [5.41, 5.74) is 4.07. The first-order valence-corrected chi connectivity index (χ1v) is 11.7. The summed E-state index contributed by atoms with van der Waals surface area (Å²) in [6.45, 7) is 5.93. The fraction of sp³-hybridized carbons (Fsp3) is 0.240. The van der Waals surface area contributed by atoms with Gasteiger partial charge in [-0.25, -0.2) is 4.79 Å². The zero-order chi connectivity index (χ0) is 23.8. The largest absolute Gasteiger partial charge is 0.444 e. The number of carbonyl (C=O) groups is 1. The standard InChI is InChI=1S/C25H24Cl3N3O2/c1-25(2,3)33-24(32)29-9-8-14-10-17(30-22-7-5-16(27)12-20(22)28)13-19-18-11-15(26)4-6-21(18)31-23(14)19/h4-7,10-13,30-31H,8-9H2,1-3H3,(H,29,32). The van der Waals surface area contributed by atoms with E-state index < -0.39 is 11.7 Å². The number of fused-ring (bicyclic) bond motifs is 3. The number of nitrogens with one attached hydrogen (secondary N) is 3. The van der Waals surface area contributed by atoms with Gasteiger partial charge in [-0.2, -0.15) is 0 Å². The van der Waals surface area contributed by atoms with Gasteiger partial charge in [0.1, 0.15) is 5.60 Å². The van der Waals surface area contributed by atoms with Crippen LogP contribution < -0.4 is 10.6 Å². The molecule has 1 heterocycles. The minimum absolute atomic E-state index is 0.422. The summed E-state index contributed by atoms with van der Waals surface area (Å²) in [7, 11) is 0. The number of H-pyrrole nitrogens is 1. The van der Waals surface area contributed by atoms with Crippen LogP contribution in [0.3, 0.4) is 0 Å². The van der Waals surface area contributed by atoms with Crippen LogP contribution in [0.25, 0.3) is 21.8 Å². The van der Waals surface area contributed by atoms with Crippen molar-refractivity contribution < 1.29 is 9.53 Å². The first-order valence-electron chi connectivity index (χ1n) is 10.5. The molecule has 0 spiro atoms. The van der Waals surface area contributed by atoms with Crippen molar-refractivity contribution in [2.24, 2.45) is 0 Å². The number of rotatable bonds is 5. The average molecular weight is 505 g/mol.